The van der Waals surface area contributed by atoms with Crippen molar-refractivity contribution in [3.05, 3.63) is 16.0 Å². The van der Waals surface area contributed by atoms with Gasteiger partial charge in [-0.1, -0.05) is 13.8 Å². The van der Waals surface area contributed by atoms with Crippen molar-refractivity contribution in [2.75, 3.05) is 11.9 Å². The van der Waals surface area contributed by atoms with E-state index in [0.717, 1.165) is 10.4 Å². The molecule has 0 radical (unpaired) electrons. The highest BCUT2D eigenvalue weighted by Crippen LogP contribution is 2.63. The zero-order valence-electron chi connectivity index (χ0n) is 16.3. The van der Waals surface area contributed by atoms with E-state index >= 15 is 0 Å². The largest absolute Gasteiger partial charge is 0.395 e. The zero-order valence-corrected chi connectivity index (χ0v) is 17.1. The fraction of sp³-hybridized carbons (Fsp3) is 0.684. The lowest BCUT2D eigenvalue weighted by Gasteiger charge is -2.41. The minimum Gasteiger partial charge on any atom is -0.395 e. The summed E-state index contributed by atoms with van der Waals surface area (Å²) in [5, 5.41) is 13.1. The van der Waals surface area contributed by atoms with Crippen LogP contribution in [0.3, 0.4) is 0 Å². The lowest BCUT2D eigenvalue weighted by atomic mass is 9.86. The van der Waals surface area contributed by atoms with Crippen LogP contribution in [0.4, 0.5) is 5.00 Å². The molecular weight excluding hydrogens is 352 g/mol. The third-order valence-electron chi connectivity index (χ3n) is 5.78. The Morgan fingerprint density at radius 3 is 2.27 bits per heavy atom. The van der Waals surface area contributed by atoms with Gasteiger partial charge in [-0.25, -0.2) is 0 Å². The number of anilines is 1. The molecule has 2 amide bonds. The summed E-state index contributed by atoms with van der Waals surface area (Å²) in [4.78, 5) is 26.0. The van der Waals surface area contributed by atoms with Crippen molar-refractivity contribution in [1.29, 1.82) is 0 Å². The predicted octanol–water partition coefficient (Wildman–Crippen LogP) is 2.78. The summed E-state index contributed by atoms with van der Waals surface area (Å²) in [7, 11) is 0. The van der Waals surface area contributed by atoms with Crippen LogP contribution in [0.1, 0.15) is 68.8 Å². The Bertz CT molecular complexity index is 794. The molecular formula is C19H28N2O4S. The predicted molar refractivity (Wildman–Crippen MR) is 101 cm³/mol. The number of carbonyl (C=O) groups excluding carboxylic acids is 2. The van der Waals surface area contributed by atoms with Crippen LogP contribution in [0.25, 0.3) is 0 Å². The monoisotopic (exact) mass is 380 g/mol. The molecule has 1 atom stereocenters. The smallest absolute Gasteiger partial charge is 0.251 e. The molecule has 144 valence electrons. The third kappa shape index (κ3) is 2.77. The molecule has 26 heavy (non-hydrogen) atoms. The Morgan fingerprint density at radius 1 is 1.23 bits per heavy atom. The number of hydrogen-bond donors (Lipinski definition) is 3. The van der Waals surface area contributed by atoms with Gasteiger partial charge < -0.3 is 20.9 Å². The van der Waals surface area contributed by atoms with Crippen molar-refractivity contribution in [1.82, 2.24) is 0 Å². The van der Waals surface area contributed by atoms with Gasteiger partial charge >= 0.3 is 0 Å². The van der Waals surface area contributed by atoms with Crippen molar-refractivity contribution in [3.8, 4) is 0 Å². The SMILES string of the molecule is CC1(C)Cc2c(sc(NC(=O)[C@]3(CO)CC3(C)C)c2C(N)=O)C(C)(C)O1. The van der Waals surface area contributed by atoms with Crippen LogP contribution in [-0.2, 0) is 21.6 Å². The number of aliphatic hydroxyl groups excluding tert-OH is 1. The number of thiophene rings is 1. The first kappa shape index (κ1) is 19.3. The van der Waals surface area contributed by atoms with E-state index in [0.29, 0.717) is 23.4 Å². The van der Waals surface area contributed by atoms with Crippen LogP contribution in [0, 0.1) is 10.8 Å². The molecule has 0 saturated heterocycles. The molecule has 7 heteroatoms. The minimum atomic E-state index is -0.808. The first-order valence-electron chi connectivity index (χ1n) is 8.85. The number of fused-ring (bicyclic) bond motifs is 1. The number of nitrogens with two attached hydrogens (primary N) is 1. The molecule has 1 aromatic heterocycles. The number of amides is 2. The maximum atomic E-state index is 12.9. The Balaban J connectivity index is 2.04. The maximum absolute atomic E-state index is 12.9. The van der Waals surface area contributed by atoms with E-state index in [1.807, 2.05) is 41.5 Å². The van der Waals surface area contributed by atoms with Gasteiger partial charge in [-0.2, -0.15) is 0 Å². The second-order valence-electron chi connectivity index (χ2n) is 9.28. The Labute approximate surface area is 158 Å². The molecule has 1 aliphatic heterocycles. The topological polar surface area (TPSA) is 102 Å². The summed E-state index contributed by atoms with van der Waals surface area (Å²) in [6.07, 6.45) is 1.16. The molecule has 0 unspecified atom stereocenters. The molecule has 1 fully saturated rings. The zero-order chi connectivity index (χ0) is 19.7. The highest BCUT2D eigenvalue weighted by molar-refractivity contribution is 7.17. The normalized spacial score (nSPS) is 27.5. The van der Waals surface area contributed by atoms with Crippen LogP contribution in [0.2, 0.25) is 0 Å². The lowest BCUT2D eigenvalue weighted by molar-refractivity contribution is -0.135. The number of primary amides is 1. The molecule has 0 bridgehead atoms. The molecule has 4 N–H and O–H groups in total. The van der Waals surface area contributed by atoms with Crippen molar-refractivity contribution >= 4 is 28.2 Å². The van der Waals surface area contributed by atoms with Crippen LogP contribution < -0.4 is 11.1 Å². The quantitative estimate of drug-likeness (QED) is 0.747. The molecule has 0 spiro atoms. The molecule has 1 aliphatic carbocycles. The van der Waals surface area contributed by atoms with Gasteiger partial charge in [0.15, 0.2) is 0 Å². The van der Waals surface area contributed by atoms with Gasteiger partial charge in [0.25, 0.3) is 5.91 Å². The number of nitrogens with one attached hydrogen (secondary N) is 1. The van der Waals surface area contributed by atoms with E-state index in [4.69, 9.17) is 10.5 Å². The summed E-state index contributed by atoms with van der Waals surface area (Å²) in [6, 6.07) is 0. The summed E-state index contributed by atoms with van der Waals surface area (Å²) in [5.74, 6) is -0.816. The first-order chi connectivity index (χ1) is 11.8. The number of aliphatic hydroxyl groups is 1. The van der Waals surface area contributed by atoms with Crippen LogP contribution in [0.15, 0.2) is 0 Å². The van der Waals surface area contributed by atoms with Crippen LogP contribution in [0.5, 0.6) is 0 Å². The van der Waals surface area contributed by atoms with E-state index in [-0.39, 0.29) is 17.9 Å². The molecule has 1 aromatic rings. The highest BCUT2D eigenvalue weighted by Gasteiger charge is 2.66. The molecule has 2 heterocycles. The Morgan fingerprint density at radius 2 is 1.81 bits per heavy atom. The van der Waals surface area contributed by atoms with Crippen molar-refractivity contribution in [3.63, 3.8) is 0 Å². The number of ether oxygens (including phenoxy) is 1. The van der Waals surface area contributed by atoms with Gasteiger partial charge in [-0.15, -0.1) is 11.3 Å². The summed E-state index contributed by atoms with van der Waals surface area (Å²) >= 11 is 1.34. The second kappa shape index (κ2) is 5.53. The fourth-order valence-electron chi connectivity index (χ4n) is 4.33. The molecule has 6 nitrogen and oxygen atoms in total. The third-order valence-corrected chi connectivity index (χ3v) is 7.23. The number of hydrogen-bond acceptors (Lipinski definition) is 5. The highest BCUT2D eigenvalue weighted by atomic mass is 32.1. The lowest BCUT2D eigenvalue weighted by Crippen LogP contribution is -2.42. The Kier molecular flexibility index (Phi) is 4.11. The van der Waals surface area contributed by atoms with E-state index in [1.54, 1.807) is 0 Å². The standard InChI is InChI=1S/C19H28N2O4S/c1-16(2)8-19(16,9-22)15(24)21-14-11(13(20)23)10-7-17(3,4)25-18(5,6)12(10)26-14/h22H,7-9H2,1-6H3,(H2,20,23)(H,21,24)/t19-/m1/s1. The van der Waals surface area contributed by atoms with Crippen molar-refractivity contribution < 1.29 is 19.4 Å². The number of rotatable bonds is 4. The molecule has 1 saturated carbocycles. The minimum absolute atomic E-state index is 0.218. The summed E-state index contributed by atoms with van der Waals surface area (Å²) in [6.45, 7) is 11.6. The first-order valence-corrected chi connectivity index (χ1v) is 9.66. The maximum Gasteiger partial charge on any atom is 0.251 e. The average molecular weight is 381 g/mol. The van der Waals surface area contributed by atoms with E-state index in [9.17, 15) is 14.7 Å². The second-order valence-corrected chi connectivity index (χ2v) is 10.3. The van der Waals surface area contributed by atoms with Gasteiger partial charge in [0.1, 0.15) is 5.00 Å². The van der Waals surface area contributed by atoms with Crippen molar-refractivity contribution in [2.45, 2.75) is 65.6 Å². The van der Waals surface area contributed by atoms with Crippen molar-refractivity contribution in [2.24, 2.45) is 16.6 Å². The van der Waals surface area contributed by atoms with Gasteiger partial charge in [0, 0.05) is 11.3 Å². The van der Waals surface area contributed by atoms with Crippen LogP contribution in [-0.4, -0.2) is 29.1 Å². The van der Waals surface area contributed by atoms with Gasteiger partial charge in [-0.3, -0.25) is 9.59 Å². The van der Waals surface area contributed by atoms with E-state index < -0.39 is 22.5 Å². The number of carbonyl (C=O) groups is 2. The van der Waals surface area contributed by atoms with Crippen LogP contribution >= 0.6 is 11.3 Å². The molecule has 3 rings (SSSR count). The van der Waals surface area contributed by atoms with Gasteiger partial charge in [0.2, 0.25) is 5.91 Å². The Hall–Kier alpha value is -1.44. The summed E-state index contributed by atoms with van der Waals surface area (Å²) < 4.78 is 6.18. The van der Waals surface area contributed by atoms with Gasteiger partial charge in [-0.05, 0) is 45.1 Å². The fourth-order valence-corrected chi connectivity index (χ4v) is 5.59. The average Bonchev–Trinajstić information content (AvgIpc) is 2.84. The molecule has 0 aromatic carbocycles. The van der Waals surface area contributed by atoms with Gasteiger partial charge in [0.05, 0.1) is 28.8 Å². The summed E-state index contributed by atoms with van der Waals surface area (Å²) in [5.41, 5.74) is 4.81. The van der Waals surface area contributed by atoms with E-state index in [2.05, 4.69) is 5.32 Å². The molecule has 2 aliphatic rings. The van der Waals surface area contributed by atoms with E-state index in [1.165, 1.54) is 11.3 Å².